The third-order valence-electron chi connectivity index (χ3n) is 7.21. The normalized spacial score (nSPS) is 21.1. The Bertz CT molecular complexity index is 1410. The van der Waals surface area contributed by atoms with E-state index in [4.69, 9.17) is 14.5 Å². The number of dihydropyridines is 1. The molecule has 0 radical (unpaired) electrons. The van der Waals surface area contributed by atoms with Crippen molar-refractivity contribution in [3.8, 4) is 5.75 Å². The molecule has 0 fully saturated rings. The maximum Gasteiger partial charge on any atom is 0.337 e. The fourth-order valence-corrected chi connectivity index (χ4v) is 5.55. The molecule has 0 saturated carbocycles. The lowest BCUT2D eigenvalue weighted by molar-refractivity contribution is -0.155. The Balaban J connectivity index is 1.65. The smallest absolute Gasteiger partial charge is 0.337 e. The number of rotatable bonds is 6. The molecule has 0 spiro atoms. The van der Waals surface area contributed by atoms with E-state index in [1.807, 2.05) is 57.0 Å². The van der Waals surface area contributed by atoms with Crippen LogP contribution in [0, 0.1) is 24.5 Å². The summed E-state index contributed by atoms with van der Waals surface area (Å²) >= 11 is 0. The van der Waals surface area contributed by atoms with Crippen LogP contribution in [0.4, 0.5) is 14.5 Å². The van der Waals surface area contributed by atoms with Crippen LogP contribution in [-0.4, -0.2) is 52.7 Å². The van der Waals surface area contributed by atoms with Crippen LogP contribution in [0.15, 0.2) is 53.2 Å². The molecule has 2 N–H and O–H groups in total. The van der Waals surface area contributed by atoms with Crippen molar-refractivity contribution in [2.45, 2.75) is 59.0 Å². The van der Waals surface area contributed by atoms with E-state index in [9.17, 15) is 18.7 Å². The van der Waals surface area contributed by atoms with Crippen LogP contribution >= 0.6 is 0 Å². The van der Waals surface area contributed by atoms with Crippen LogP contribution in [0.3, 0.4) is 0 Å². The van der Waals surface area contributed by atoms with Crippen LogP contribution < -0.4 is 10.1 Å². The van der Waals surface area contributed by atoms with Crippen LogP contribution in [0.25, 0.3) is 5.57 Å². The van der Waals surface area contributed by atoms with Crippen LogP contribution in [0.2, 0.25) is 0 Å². The molecule has 0 aromatic heterocycles. The highest BCUT2D eigenvalue weighted by Crippen LogP contribution is 2.46. The Morgan fingerprint density at radius 2 is 2.03 bits per heavy atom. The van der Waals surface area contributed by atoms with Gasteiger partial charge in [0.15, 0.2) is 17.7 Å². The van der Waals surface area contributed by atoms with Crippen molar-refractivity contribution in [1.29, 1.82) is 0 Å². The maximum atomic E-state index is 14.6. The molecule has 0 saturated heterocycles. The summed E-state index contributed by atoms with van der Waals surface area (Å²) in [6.07, 6.45) is 2.06. The summed E-state index contributed by atoms with van der Waals surface area (Å²) in [5.41, 5.74) is 3.95. The summed E-state index contributed by atoms with van der Waals surface area (Å²) in [5, 5.41) is 13.7. The van der Waals surface area contributed by atoms with Crippen molar-refractivity contribution in [3.63, 3.8) is 0 Å². The number of ether oxygens (including phenoxy) is 2. The minimum Gasteiger partial charge on any atom is -0.490 e. The van der Waals surface area contributed by atoms with E-state index < -0.39 is 35.5 Å². The van der Waals surface area contributed by atoms with Gasteiger partial charge in [0.05, 0.1) is 11.3 Å². The van der Waals surface area contributed by atoms with Gasteiger partial charge < -0.3 is 24.8 Å². The van der Waals surface area contributed by atoms with Gasteiger partial charge >= 0.3 is 5.97 Å². The number of hydrogen-bond donors (Lipinski definition) is 2. The number of carbonyl (C=O) groups is 1. The third kappa shape index (κ3) is 5.03. The molecule has 0 amide bonds. The summed E-state index contributed by atoms with van der Waals surface area (Å²) in [6, 6.07) is 7.97. The van der Waals surface area contributed by atoms with Crippen molar-refractivity contribution >= 4 is 22.9 Å². The molecule has 9 heteroatoms. The van der Waals surface area contributed by atoms with E-state index in [1.54, 1.807) is 13.0 Å². The molecule has 2 aromatic carbocycles. The van der Waals surface area contributed by atoms with E-state index in [-0.39, 0.29) is 18.0 Å². The highest BCUT2D eigenvalue weighted by atomic mass is 19.2. The monoisotopic (exact) mass is 537 g/mol. The Morgan fingerprint density at radius 1 is 1.26 bits per heavy atom. The molecule has 3 atom stereocenters. The maximum absolute atomic E-state index is 14.6. The number of nitrogens with one attached hydrogen (secondary N) is 1. The molecule has 3 aliphatic rings. The third-order valence-corrected chi connectivity index (χ3v) is 7.21. The first-order valence-electron chi connectivity index (χ1n) is 13.0. The minimum absolute atomic E-state index is 0.111. The topological polar surface area (TPSA) is 83.4 Å². The van der Waals surface area contributed by atoms with Gasteiger partial charge in [-0.1, -0.05) is 24.3 Å². The molecule has 0 aliphatic carbocycles. The van der Waals surface area contributed by atoms with Gasteiger partial charge in [-0.2, -0.15) is 0 Å². The lowest BCUT2D eigenvalue weighted by Crippen LogP contribution is -2.42. The number of halogens is 2. The van der Waals surface area contributed by atoms with E-state index in [0.717, 1.165) is 34.2 Å². The zero-order valence-corrected chi connectivity index (χ0v) is 22.7. The van der Waals surface area contributed by atoms with Gasteiger partial charge in [-0.3, -0.25) is 4.99 Å². The molecule has 3 heterocycles. The SMILES string of the molecule is CC1=NC2C(C=CN2Cc2cccc(F)c2F)C(c2ccc3c(c2C)NCCO3)=C1[C@H](OC(C)(C)C)C(=O)O. The van der Waals surface area contributed by atoms with Crippen molar-refractivity contribution in [2.24, 2.45) is 10.9 Å². The van der Waals surface area contributed by atoms with Gasteiger partial charge in [0.2, 0.25) is 0 Å². The van der Waals surface area contributed by atoms with Gasteiger partial charge in [0.25, 0.3) is 0 Å². The number of nitrogens with zero attached hydrogens (tertiary/aromatic N) is 2. The number of carboxylic acids is 1. The average Bonchev–Trinajstić information content (AvgIpc) is 3.26. The Labute approximate surface area is 226 Å². The standard InChI is InChI=1S/C30H33F2N3O4/c1-16-19(9-10-22-26(16)33-12-14-38-22)24-20-11-13-35(15-18-7-6-8-21(31)25(18)32)28(20)34-17(2)23(24)27(29(36)37)39-30(3,4)5/h6-11,13,20,27-28,33H,12,14-15H2,1-5H3,(H,36,37)/t20?,27-,28?/m0/s1. The fourth-order valence-electron chi connectivity index (χ4n) is 5.55. The second-order valence-electron chi connectivity index (χ2n) is 11.0. The predicted octanol–water partition coefficient (Wildman–Crippen LogP) is 5.55. The first-order chi connectivity index (χ1) is 18.5. The number of aliphatic imine (C=N–C) groups is 1. The molecule has 5 rings (SSSR count). The summed E-state index contributed by atoms with van der Waals surface area (Å²) < 4.78 is 40.4. The van der Waals surface area contributed by atoms with Crippen molar-refractivity contribution in [1.82, 2.24) is 4.90 Å². The number of benzene rings is 2. The first-order valence-corrected chi connectivity index (χ1v) is 13.0. The molecule has 3 aliphatic heterocycles. The number of aliphatic carboxylic acids is 1. The molecule has 7 nitrogen and oxygen atoms in total. The van der Waals surface area contributed by atoms with Crippen molar-refractivity contribution in [3.05, 3.63) is 76.5 Å². The van der Waals surface area contributed by atoms with Crippen LogP contribution in [-0.2, 0) is 16.1 Å². The van der Waals surface area contributed by atoms with Gasteiger partial charge in [0, 0.05) is 35.9 Å². The van der Waals surface area contributed by atoms with E-state index in [0.29, 0.717) is 24.4 Å². The zero-order valence-electron chi connectivity index (χ0n) is 22.7. The molecule has 2 aromatic rings. The van der Waals surface area contributed by atoms with Gasteiger partial charge in [-0.05, 0) is 69.7 Å². The van der Waals surface area contributed by atoms with E-state index in [2.05, 4.69) is 5.32 Å². The van der Waals surface area contributed by atoms with Crippen LogP contribution in [0.5, 0.6) is 5.75 Å². The number of fused-ring (bicyclic) bond motifs is 2. The van der Waals surface area contributed by atoms with E-state index >= 15 is 0 Å². The molecule has 206 valence electrons. The Morgan fingerprint density at radius 3 is 2.74 bits per heavy atom. The predicted molar refractivity (Wildman–Crippen MR) is 146 cm³/mol. The first kappa shape index (κ1) is 26.9. The molecule has 2 unspecified atom stereocenters. The largest absolute Gasteiger partial charge is 0.490 e. The summed E-state index contributed by atoms with van der Waals surface area (Å²) in [7, 11) is 0. The summed E-state index contributed by atoms with van der Waals surface area (Å²) in [6.45, 7) is 10.5. The van der Waals surface area contributed by atoms with Gasteiger partial charge in [0.1, 0.15) is 18.5 Å². The lowest BCUT2D eigenvalue weighted by Gasteiger charge is -2.37. The highest BCUT2D eigenvalue weighted by Gasteiger charge is 2.43. The Kier molecular flexibility index (Phi) is 6.97. The number of anilines is 1. The summed E-state index contributed by atoms with van der Waals surface area (Å²) in [4.78, 5) is 19.4. The number of carboxylic acid groups (broad SMARTS) is 1. The lowest BCUT2D eigenvalue weighted by atomic mass is 9.79. The quantitative estimate of drug-likeness (QED) is 0.503. The van der Waals surface area contributed by atoms with Crippen molar-refractivity contribution in [2.75, 3.05) is 18.5 Å². The van der Waals surface area contributed by atoms with Crippen molar-refractivity contribution < 1.29 is 28.2 Å². The van der Waals surface area contributed by atoms with E-state index in [1.165, 1.54) is 6.07 Å². The highest BCUT2D eigenvalue weighted by molar-refractivity contribution is 6.11. The second kappa shape index (κ2) is 10.1. The Hall–Kier alpha value is -3.72. The minimum atomic E-state index is -1.26. The molecular weight excluding hydrogens is 504 g/mol. The second-order valence-corrected chi connectivity index (χ2v) is 11.0. The van der Waals surface area contributed by atoms with Gasteiger partial charge in [-0.15, -0.1) is 0 Å². The summed E-state index contributed by atoms with van der Waals surface area (Å²) in [5.74, 6) is -2.49. The van der Waals surface area contributed by atoms with Crippen LogP contribution in [0.1, 0.15) is 44.4 Å². The van der Waals surface area contributed by atoms with Gasteiger partial charge in [-0.25, -0.2) is 13.6 Å². The zero-order chi connectivity index (χ0) is 28.1. The average molecular weight is 538 g/mol. The molecule has 39 heavy (non-hydrogen) atoms. The molecule has 0 bridgehead atoms. The fraction of sp³-hybridized carbons (Fsp3) is 0.400. The molecular formula is C30H33F2N3O4. The number of hydrogen-bond acceptors (Lipinski definition) is 6.